The van der Waals surface area contributed by atoms with Crippen molar-refractivity contribution in [1.82, 2.24) is 20.4 Å². The maximum absolute atomic E-state index is 12.0. The molecule has 0 atom stereocenters. The summed E-state index contributed by atoms with van der Waals surface area (Å²) in [4.78, 5) is 31.8. The van der Waals surface area contributed by atoms with Crippen LogP contribution < -0.4 is 10.6 Å². The topological polar surface area (TPSA) is 99.4 Å². The molecule has 1 aromatic rings. The van der Waals surface area contributed by atoms with Gasteiger partial charge in [-0.1, -0.05) is 0 Å². The van der Waals surface area contributed by atoms with Gasteiger partial charge in [-0.3, -0.25) is 4.79 Å². The first-order valence-corrected chi connectivity index (χ1v) is 8.88. The Kier molecular flexibility index (Phi) is 7.78. The highest BCUT2D eigenvalue weighted by molar-refractivity contribution is 5.85. The summed E-state index contributed by atoms with van der Waals surface area (Å²) in [5, 5.41) is 5.96. The minimum Gasteiger partial charge on any atom is -0.467 e. The number of amides is 2. The van der Waals surface area contributed by atoms with Gasteiger partial charge >= 0.3 is 6.09 Å². The maximum Gasteiger partial charge on any atom is 0.409 e. The average Bonchev–Trinajstić information content (AvgIpc) is 3.17. The molecule has 26 heavy (non-hydrogen) atoms. The Balaban J connectivity index is 1.82. The summed E-state index contributed by atoms with van der Waals surface area (Å²) in [5.41, 5.74) is 0. The molecule has 2 heterocycles. The Hall–Kier alpha value is -2.71. The van der Waals surface area contributed by atoms with Crippen LogP contribution in [0.15, 0.2) is 27.8 Å². The van der Waals surface area contributed by atoms with E-state index in [1.807, 2.05) is 11.8 Å². The fraction of sp³-hybridized carbons (Fsp3) is 0.588. The molecule has 0 radical (unpaired) electrons. The molecule has 9 nitrogen and oxygen atoms in total. The highest BCUT2D eigenvalue weighted by atomic mass is 16.6. The lowest BCUT2D eigenvalue weighted by Crippen LogP contribution is -2.54. The van der Waals surface area contributed by atoms with Crippen LogP contribution >= 0.6 is 0 Å². The van der Waals surface area contributed by atoms with E-state index in [0.29, 0.717) is 57.6 Å². The van der Waals surface area contributed by atoms with E-state index in [0.717, 1.165) is 0 Å². The van der Waals surface area contributed by atoms with Crippen LogP contribution in [0.1, 0.15) is 19.6 Å². The van der Waals surface area contributed by atoms with Gasteiger partial charge in [-0.05, 0) is 26.0 Å². The van der Waals surface area contributed by atoms with Crippen molar-refractivity contribution in [3.8, 4) is 0 Å². The third-order valence-corrected chi connectivity index (χ3v) is 3.85. The molecule has 144 valence electrons. The molecule has 2 rings (SSSR count). The van der Waals surface area contributed by atoms with Crippen molar-refractivity contribution in [2.45, 2.75) is 20.4 Å². The van der Waals surface area contributed by atoms with Gasteiger partial charge in [-0.25, -0.2) is 9.79 Å². The van der Waals surface area contributed by atoms with Crippen LogP contribution in [0.3, 0.4) is 0 Å². The van der Waals surface area contributed by atoms with Crippen LogP contribution in [0.4, 0.5) is 4.79 Å². The van der Waals surface area contributed by atoms with Crippen molar-refractivity contribution in [1.29, 1.82) is 0 Å². The molecular weight excluding hydrogens is 338 g/mol. The molecule has 9 heteroatoms. The fourth-order valence-electron chi connectivity index (χ4n) is 2.54. The quantitative estimate of drug-likeness (QED) is 0.567. The number of rotatable bonds is 6. The Labute approximate surface area is 153 Å². The predicted molar refractivity (Wildman–Crippen MR) is 96.7 cm³/mol. The zero-order valence-corrected chi connectivity index (χ0v) is 15.4. The second kappa shape index (κ2) is 10.3. The molecule has 0 bridgehead atoms. The maximum atomic E-state index is 12.0. The summed E-state index contributed by atoms with van der Waals surface area (Å²) < 4.78 is 10.2. The zero-order chi connectivity index (χ0) is 18.8. The number of hydrogen-bond donors (Lipinski definition) is 2. The first-order chi connectivity index (χ1) is 12.6. The minimum absolute atomic E-state index is 0.0289. The van der Waals surface area contributed by atoms with Crippen LogP contribution in [0.2, 0.25) is 0 Å². The SMILES string of the molecule is CCNC(=NCC(=O)NCc1ccco1)N1CCN(C(=O)OCC)CC1. The summed E-state index contributed by atoms with van der Waals surface area (Å²) >= 11 is 0. The molecule has 2 N–H and O–H groups in total. The highest BCUT2D eigenvalue weighted by Crippen LogP contribution is 2.04. The lowest BCUT2D eigenvalue weighted by atomic mass is 10.3. The third kappa shape index (κ3) is 5.98. The lowest BCUT2D eigenvalue weighted by molar-refractivity contribution is -0.119. The number of aliphatic imine (C=N–C) groups is 1. The van der Waals surface area contributed by atoms with Gasteiger partial charge in [0.05, 0.1) is 19.4 Å². The van der Waals surface area contributed by atoms with E-state index in [-0.39, 0.29) is 18.5 Å². The molecule has 1 aromatic heterocycles. The average molecular weight is 365 g/mol. The lowest BCUT2D eigenvalue weighted by Gasteiger charge is -2.35. The van der Waals surface area contributed by atoms with E-state index in [9.17, 15) is 9.59 Å². The number of carbonyl (C=O) groups excluding carboxylic acids is 2. The van der Waals surface area contributed by atoms with Gasteiger partial charge in [0.1, 0.15) is 12.3 Å². The molecule has 1 saturated heterocycles. The first-order valence-electron chi connectivity index (χ1n) is 8.88. The summed E-state index contributed by atoms with van der Waals surface area (Å²) in [5.74, 6) is 1.19. The van der Waals surface area contributed by atoms with E-state index >= 15 is 0 Å². The van der Waals surface area contributed by atoms with Crippen molar-refractivity contribution in [3.63, 3.8) is 0 Å². The van der Waals surface area contributed by atoms with Gasteiger partial charge in [-0.2, -0.15) is 0 Å². The molecule has 0 saturated carbocycles. The zero-order valence-electron chi connectivity index (χ0n) is 15.4. The molecule has 1 fully saturated rings. The number of carbonyl (C=O) groups is 2. The van der Waals surface area contributed by atoms with E-state index in [1.165, 1.54) is 0 Å². The van der Waals surface area contributed by atoms with Crippen LogP contribution in [0, 0.1) is 0 Å². The molecule has 1 aliphatic rings. The monoisotopic (exact) mass is 365 g/mol. The van der Waals surface area contributed by atoms with Gasteiger partial charge in [-0.15, -0.1) is 0 Å². The van der Waals surface area contributed by atoms with Crippen LogP contribution in [0.25, 0.3) is 0 Å². The normalized spacial score (nSPS) is 14.9. The number of piperazine rings is 1. The number of ether oxygens (including phenoxy) is 1. The molecule has 0 aromatic carbocycles. The van der Waals surface area contributed by atoms with Gasteiger partial charge in [0.15, 0.2) is 5.96 Å². The number of nitrogens with zero attached hydrogens (tertiary/aromatic N) is 3. The Morgan fingerprint density at radius 3 is 2.54 bits per heavy atom. The largest absolute Gasteiger partial charge is 0.467 e. The summed E-state index contributed by atoms with van der Waals surface area (Å²) in [7, 11) is 0. The first kappa shape index (κ1) is 19.6. The summed E-state index contributed by atoms with van der Waals surface area (Å²) in [6.07, 6.45) is 1.28. The van der Waals surface area contributed by atoms with Crippen molar-refractivity contribution in [3.05, 3.63) is 24.2 Å². The van der Waals surface area contributed by atoms with Crippen molar-refractivity contribution in [2.24, 2.45) is 4.99 Å². The summed E-state index contributed by atoms with van der Waals surface area (Å²) in [6.45, 7) is 7.61. The Morgan fingerprint density at radius 1 is 1.19 bits per heavy atom. The molecule has 1 aliphatic heterocycles. The van der Waals surface area contributed by atoms with Crippen LogP contribution in [-0.4, -0.2) is 73.6 Å². The molecule has 0 spiro atoms. The molecular formula is C17H27N5O4. The Morgan fingerprint density at radius 2 is 1.92 bits per heavy atom. The number of furan rings is 1. The standard InChI is InChI=1S/C17H27N5O4/c1-3-18-16(20-13-15(23)19-12-14-6-5-11-26-14)21-7-9-22(10-8-21)17(24)25-4-2/h5-6,11H,3-4,7-10,12-13H2,1-2H3,(H,18,20)(H,19,23). The van der Waals surface area contributed by atoms with Crippen molar-refractivity contribution >= 4 is 18.0 Å². The fourth-order valence-corrected chi connectivity index (χ4v) is 2.54. The number of nitrogens with one attached hydrogen (secondary N) is 2. The second-order valence-corrected chi connectivity index (χ2v) is 5.70. The highest BCUT2D eigenvalue weighted by Gasteiger charge is 2.23. The van der Waals surface area contributed by atoms with Gasteiger partial charge in [0, 0.05) is 32.7 Å². The smallest absolute Gasteiger partial charge is 0.409 e. The Bertz CT molecular complexity index is 594. The van der Waals surface area contributed by atoms with E-state index in [1.54, 1.807) is 30.2 Å². The van der Waals surface area contributed by atoms with E-state index < -0.39 is 0 Å². The molecule has 0 aliphatic carbocycles. The van der Waals surface area contributed by atoms with E-state index in [2.05, 4.69) is 15.6 Å². The molecule has 2 amide bonds. The predicted octanol–water partition coefficient (Wildman–Crippen LogP) is 0.635. The molecule has 0 unspecified atom stereocenters. The second-order valence-electron chi connectivity index (χ2n) is 5.70. The number of guanidine groups is 1. The van der Waals surface area contributed by atoms with Gasteiger partial charge < -0.3 is 29.6 Å². The van der Waals surface area contributed by atoms with Gasteiger partial charge in [0.25, 0.3) is 0 Å². The third-order valence-electron chi connectivity index (χ3n) is 3.85. The van der Waals surface area contributed by atoms with Crippen LogP contribution in [-0.2, 0) is 16.1 Å². The van der Waals surface area contributed by atoms with Crippen molar-refractivity contribution in [2.75, 3.05) is 45.9 Å². The van der Waals surface area contributed by atoms with Gasteiger partial charge in [0.2, 0.25) is 5.91 Å². The van der Waals surface area contributed by atoms with Crippen LogP contribution in [0.5, 0.6) is 0 Å². The number of hydrogen-bond acceptors (Lipinski definition) is 5. The van der Waals surface area contributed by atoms with Crippen molar-refractivity contribution < 1.29 is 18.7 Å². The minimum atomic E-state index is -0.286. The summed E-state index contributed by atoms with van der Waals surface area (Å²) in [6, 6.07) is 3.58. The van der Waals surface area contributed by atoms with E-state index in [4.69, 9.17) is 9.15 Å².